The van der Waals surface area contributed by atoms with Gasteiger partial charge in [-0.25, -0.2) is 18.2 Å². The van der Waals surface area contributed by atoms with Gasteiger partial charge in [0, 0.05) is 13.5 Å². The molecule has 0 unspecified atom stereocenters. The van der Waals surface area contributed by atoms with E-state index in [0.29, 0.717) is 41.9 Å². The van der Waals surface area contributed by atoms with Crippen molar-refractivity contribution in [1.29, 1.82) is 0 Å². The summed E-state index contributed by atoms with van der Waals surface area (Å²) in [6.45, 7) is 7.13. The van der Waals surface area contributed by atoms with E-state index in [4.69, 9.17) is 5.14 Å². The molecule has 1 aromatic heterocycles. The Balaban J connectivity index is 1.27. The van der Waals surface area contributed by atoms with Crippen molar-refractivity contribution in [1.82, 2.24) is 9.78 Å². The minimum absolute atomic E-state index is 0.160. The molecule has 4 aliphatic rings. The van der Waals surface area contributed by atoms with Crippen molar-refractivity contribution in [3.05, 3.63) is 4.80 Å². The van der Waals surface area contributed by atoms with Crippen LogP contribution in [0.15, 0.2) is 9.33 Å². The number of amides is 1. The first-order valence-electron chi connectivity index (χ1n) is 14.2. The van der Waals surface area contributed by atoms with Crippen LogP contribution >= 0.6 is 11.3 Å². The van der Waals surface area contributed by atoms with Gasteiger partial charge in [-0.2, -0.15) is 4.99 Å². The molecule has 0 saturated heterocycles. The SMILES string of the molecule is C[C@H](CCC(=O)N=c1sc(S(N)(=O)=O)nn1C)[C@H]1CC[C@H]2[C@@H]3[C@H](O)C[C@@H]4C[C@H](O)CC[C@]4(C)[C@H]3CC[C@]12C. The number of sulfonamides is 1. The first-order valence-corrected chi connectivity index (χ1v) is 16.6. The predicted octanol–water partition coefficient (Wildman–Crippen LogP) is 2.96. The number of carbonyl (C=O) groups is 1. The number of rotatable bonds is 5. The van der Waals surface area contributed by atoms with Crippen LogP contribution in [0.3, 0.4) is 0 Å². The Hall–Kier alpha value is -1.14. The van der Waals surface area contributed by atoms with E-state index in [-0.39, 0.29) is 38.1 Å². The molecule has 38 heavy (non-hydrogen) atoms. The molecule has 1 amide bonds. The Bertz CT molecular complexity index is 1240. The van der Waals surface area contributed by atoms with Crippen molar-refractivity contribution in [2.45, 2.75) is 102 Å². The fourth-order valence-corrected chi connectivity index (χ4v) is 11.0. The first kappa shape index (κ1) is 28.4. The van der Waals surface area contributed by atoms with Gasteiger partial charge in [0.25, 0.3) is 10.0 Å². The van der Waals surface area contributed by atoms with Gasteiger partial charge in [-0.1, -0.05) is 32.1 Å². The lowest BCUT2D eigenvalue weighted by atomic mass is 9.43. The van der Waals surface area contributed by atoms with Gasteiger partial charge < -0.3 is 10.2 Å². The maximum absolute atomic E-state index is 12.7. The maximum atomic E-state index is 12.7. The quantitative estimate of drug-likeness (QED) is 0.497. The molecule has 9 nitrogen and oxygen atoms in total. The van der Waals surface area contributed by atoms with Crippen molar-refractivity contribution in [3.8, 4) is 0 Å². The van der Waals surface area contributed by atoms with Crippen LogP contribution in [-0.4, -0.2) is 46.5 Å². The molecule has 1 heterocycles. The van der Waals surface area contributed by atoms with E-state index in [9.17, 15) is 23.4 Å². The van der Waals surface area contributed by atoms with Crippen LogP contribution in [0, 0.1) is 46.3 Å². The highest BCUT2D eigenvalue weighted by Crippen LogP contribution is 2.68. The summed E-state index contributed by atoms with van der Waals surface area (Å²) in [6, 6.07) is 0. The molecule has 0 spiro atoms. The molecule has 4 aliphatic carbocycles. The summed E-state index contributed by atoms with van der Waals surface area (Å²) in [7, 11) is -2.39. The summed E-state index contributed by atoms with van der Waals surface area (Å²) >= 11 is 0.801. The lowest BCUT2D eigenvalue weighted by Gasteiger charge is -2.62. The second kappa shape index (κ2) is 10.0. The van der Waals surface area contributed by atoms with Crippen molar-refractivity contribution in [2.75, 3.05) is 0 Å². The lowest BCUT2D eigenvalue weighted by molar-refractivity contribution is -0.174. The molecule has 214 valence electrons. The number of hydrogen-bond acceptors (Lipinski definition) is 7. The summed E-state index contributed by atoms with van der Waals surface area (Å²) in [4.78, 5) is 17.0. The van der Waals surface area contributed by atoms with E-state index in [0.717, 1.165) is 69.1 Å². The van der Waals surface area contributed by atoms with Crippen LogP contribution in [0.2, 0.25) is 0 Å². The normalized spacial score (nSPS) is 42.3. The Morgan fingerprint density at radius 1 is 1.16 bits per heavy atom. The zero-order chi connectivity index (χ0) is 27.6. The molecule has 0 aliphatic heterocycles. The van der Waals surface area contributed by atoms with Crippen LogP contribution in [0.25, 0.3) is 0 Å². The highest BCUT2D eigenvalue weighted by atomic mass is 32.2. The molecule has 1 aromatic rings. The Morgan fingerprint density at radius 2 is 1.84 bits per heavy atom. The Labute approximate surface area is 230 Å². The number of hydrogen-bond donors (Lipinski definition) is 3. The number of aromatic nitrogens is 2. The molecule has 11 heteroatoms. The van der Waals surface area contributed by atoms with Crippen molar-refractivity contribution in [2.24, 2.45) is 63.5 Å². The summed E-state index contributed by atoms with van der Waals surface area (Å²) < 4.78 is 24.1. The number of fused-ring (bicyclic) bond motifs is 5. The monoisotopic (exact) mass is 568 g/mol. The Kier molecular flexibility index (Phi) is 7.51. The number of aliphatic hydroxyl groups excluding tert-OH is 2. The topological polar surface area (TPSA) is 148 Å². The molecule has 4 fully saturated rings. The van der Waals surface area contributed by atoms with Crippen LogP contribution in [0.1, 0.15) is 85.0 Å². The van der Waals surface area contributed by atoms with Gasteiger partial charge in [0.1, 0.15) is 0 Å². The third-order valence-corrected chi connectivity index (χ3v) is 13.7. The standard InChI is InChI=1S/C27H44N4O5S2/c1-15(5-8-22(34)29-24-31(4)30-25(37-24)38(28,35)36)18-6-7-19-23-20(10-12-27(18,19)3)26(2)11-9-17(32)13-16(26)14-21(23)33/h15-21,23,32-33H,5-14H2,1-4H3,(H2,28,35,36)/t15-,16+,17-,18-,19+,20+,21-,23+,26+,27-/m1/s1. The predicted molar refractivity (Wildman–Crippen MR) is 144 cm³/mol. The molecule has 5 rings (SSSR count). The molecule has 4 N–H and O–H groups in total. The van der Waals surface area contributed by atoms with Gasteiger partial charge in [-0.15, -0.1) is 5.10 Å². The van der Waals surface area contributed by atoms with E-state index in [2.05, 4.69) is 30.9 Å². The van der Waals surface area contributed by atoms with Crippen LogP contribution in [-0.2, 0) is 21.9 Å². The zero-order valence-corrected chi connectivity index (χ0v) is 24.7. The number of nitrogens with two attached hydrogens (primary N) is 1. The molecular weight excluding hydrogens is 524 g/mol. The summed E-state index contributed by atoms with van der Waals surface area (Å²) in [6.07, 6.45) is 8.71. The van der Waals surface area contributed by atoms with Gasteiger partial charge in [-0.3, -0.25) is 4.79 Å². The smallest absolute Gasteiger partial charge is 0.267 e. The van der Waals surface area contributed by atoms with E-state index in [1.165, 1.54) is 4.68 Å². The van der Waals surface area contributed by atoms with Crippen molar-refractivity contribution in [3.63, 3.8) is 0 Å². The average molecular weight is 569 g/mol. The first-order chi connectivity index (χ1) is 17.7. The van der Waals surface area contributed by atoms with Crippen molar-refractivity contribution >= 4 is 27.3 Å². The largest absolute Gasteiger partial charge is 0.393 e. The van der Waals surface area contributed by atoms with Gasteiger partial charge in [0.05, 0.1) is 12.2 Å². The molecule has 0 radical (unpaired) electrons. The summed E-state index contributed by atoms with van der Waals surface area (Å²) in [5.41, 5.74) is 0.381. The van der Waals surface area contributed by atoms with Crippen molar-refractivity contribution < 1.29 is 23.4 Å². The molecule has 0 bridgehead atoms. The van der Waals surface area contributed by atoms with E-state index < -0.39 is 10.0 Å². The number of nitrogens with zero attached hydrogens (tertiary/aromatic N) is 3. The van der Waals surface area contributed by atoms with Gasteiger partial charge in [0.15, 0.2) is 0 Å². The average Bonchev–Trinajstić information content (AvgIpc) is 3.38. The zero-order valence-electron chi connectivity index (χ0n) is 23.0. The highest BCUT2D eigenvalue weighted by molar-refractivity contribution is 7.91. The fraction of sp³-hybridized carbons (Fsp3) is 0.889. The molecule has 0 aromatic carbocycles. The summed E-state index contributed by atoms with van der Waals surface area (Å²) in [5, 5.41) is 30.8. The second-order valence-corrected chi connectivity index (χ2v) is 16.0. The number of carbonyl (C=O) groups excluding carboxylic acids is 1. The van der Waals surface area contributed by atoms with E-state index >= 15 is 0 Å². The number of aliphatic hydroxyl groups is 2. The lowest BCUT2D eigenvalue weighted by Crippen LogP contribution is -2.58. The minimum atomic E-state index is -3.93. The third-order valence-electron chi connectivity index (χ3n) is 11.4. The van der Waals surface area contributed by atoms with E-state index in [1.54, 1.807) is 7.05 Å². The van der Waals surface area contributed by atoms with Crippen LogP contribution < -0.4 is 9.94 Å². The summed E-state index contributed by atoms with van der Waals surface area (Å²) in [5.74, 6) is 2.35. The van der Waals surface area contributed by atoms with Gasteiger partial charge in [-0.05, 0) is 104 Å². The number of primary sulfonamides is 1. The number of aryl methyl sites for hydroxylation is 1. The van der Waals surface area contributed by atoms with Gasteiger partial charge >= 0.3 is 0 Å². The second-order valence-electron chi connectivity index (χ2n) is 13.3. The van der Waals surface area contributed by atoms with Crippen LogP contribution in [0.5, 0.6) is 0 Å². The third kappa shape index (κ3) is 4.84. The minimum Gasteiger partial charge on any atom is -0.393 e. The molecule has 4 saturated carbocycles. The van der Waals surface area contributed by atoms with E-state index in [1.807, 2.05) is 0 Å². The van der Waals surface area contributed by atoms with Crippen LogP contribution in [0.4, 0.5) is 0 Å². The highest BCUT2D eigenvalue weighted by Gasteiger charge is 2.62. The maximum Gasteiger partial charge on any atom is 0.267 e. The molecular formula is C27H44N4O5S2. The molecule has 10 atom stereocenters. The fourth-order valence-electron chi connectivity index (χ4n) is 9.43. The van der Waals surface area contributed by atoms with Gasteiger partial charge in [0.2, 0.25) is 15.0 Å². The Morgan fingerprint density at radius 3 is 2.53 bits per heavy atom.